The van der Waals surface area contributed by atoms with Crippen LogP contribution in [0.1, 0.15) is 19.8 Å². The highest BCUT2D eigenvalue weighted by Crippen LogP contribution is 2.52. The van der Waals surface area contributed by atoms with Crippen molar-refractivity contribution in [2.24, 2.45) is 23.7 Å². The number of amides is 3. The Hall–Kier alpha value is -2.34. The van der Waals surface area contributed by atoms with Crippen molar-refractivity contribution in [2.75, 3.05) is 18.5 Å². The smallest absolute Gasteiger partial charge is 0.244 e. The lowest BCUT2D eigenvalue weighted by Gasteiger charge is -2.18. The third-order valence-electron chi connectivity index (χ3n) is 5.54. The van der Waals surface area contributed by atoms with Crippen LogP contribution < -0.4 is 10.1 Å². The van der Waals surface area contributed by atoms with E-state index < -0.39 is 5.91 Å². The van der Waals surface area contributed by atoms with E-state index in [-0.39, 0.29) is 42.0 Å². The van der Waals surface area contributed by atoms with E-state index in [1.165, 1.54) is 0 Å². The number of carbonyl (C=O) groups excluding carboxylic acids is 3. The van der Waals surface area contributed by atoms with Gasteiger partial charge in [0.05, 0.1) is 24.1 Å². The predicted molar refractivity (Wildman–Crippen MR) is 100 cm³/mol. The SMILES string of the molecule is CCCOc1ccc(Cl)cc1NC(=O)CN1C(=O)C2C3C=CC(C3)C2C1=O. The van der Waals surface area contributed by atoms with E-state index in [1.807, 2.05) is 19.1 Å². The summed E-state index contributed by atoms with van der Waals surface area (Å²) in [6.45, 7) is 2.20. The van der Waals surface area contributed by atoms with Gasteiger partial charge in [0.15, 0.2) is 0 Å². The minimum Gasteiger partial charge on any atom is -0.491 e. The van der Waals surface area contributed by atoms with Crippen LogP contribution in [0.25, 0.3) is 0 Å². The van der Waals surface area contributed by atoms with Crippen LogP contribution in [0.5, 0.6) is 5.75 Å². The molecule has 1 aromatic rings. The highest BCUT2D eigenvalue weighted by molar-refractivity contribution is 6.31. The van der Waals surface area contributed by atoms with Crippen molar-refractivity contribution in [1.29, 1.82) is 0 Å². The maximum absolute atomic E-state index is 12.7. The zero-order chi connectivity index (χ0) is 19.1. The lowest BCUT2D eigenvalue weighted by Crippen LogP contribution is -2.39. The van der Waals surface area contributed by atoms with Crippen molar-refractivity contribution in [3.63, 3.8) is 0 Å². The van der Waals surface area contributed by atoms with Gasteiger partial charge < -0.3 is 10.1 Å². The Balaban J connectivity index is 1.46. The molecule has 7 heteroatoms. The number of allylic oxidation sites excluding steroid dienone is 2. The van der Waals surface area contributed by atoms with Crippen molar-refractivity contribution in [3.8, 4) is 5.75 Å². The Kier molecular flexibility index (Phi) is 4.68. The van der Waals surface area contributed by atoms with Crippen molar-refractivity contribution in [3.05, 3.63) is 35.4 Å². The quantitative estimate of drug-likeness (QED) is 0.600. The van der Waals surface area contributed by atoms with Gasteiger partial charge in [0.1, 0.15) is 12.3 Å². The molecule has 1 saturated carbocycles. The number of hydrogen-bond acceptors (Lipinski definition) is 4. The highest BCUT2D eigenvalue weighted by Gasteiger charge is 2.59. The van der Waals surface area contributed by atoms with E-state index in [0.29, 0.717) is 23.1 Å². The third kappa shape index (κ3) is 3.12. The van der Waals surface area contributed by atoms with Gasteiger partial charge in [-0.2, -0.15) is 0 Å². The lowest BCUT2D eigenvalue weighted by molar-refractivity contribution is -0.143. The molecule has 27 heavy (non-hydrogen) atoms. The van der Waals surface area contributed by atoms with E-state index in [9.17, 15) is 14.4 Å². The summed E-state index contributed by atoms with van der Waals surface area (Å²) < 4.78 is 5.62. The zero-order valence-electron chi connectivity index (χ0n) is 15.0. The van der Waals surface area contributed by atoms with Crippen LogP contribution >= 0.6 is 11.6 Å². The van der Waals surface area contributed by atoms with Crippen molar-refractivity contribution < 1.29 is 19.1 Å². The van der Waals surface area contributed by atoms with Crippen LogP contribution in [0.15, 0.2) is 30.4 Å². The Bertz CT molecular complexity index is 807. The van der Waals surface area contributed by atoms with Gasteiger partial charge in [-0.3, -0.25) is 19.3 Å². The van der Waals surface area contributed by atoms with E-state index in [1.54, 1.807) is 18.2 Å². The molecule has 0 spiro atoms. The molecule has 142 valence electrons. The molecule has 2 fully saturated rings. The fourth-order valence-corrected chi connectivity index (χ4v) is 4.56. The standard InChI is InChI=1S/C20H21ClN2O4/c1-2-7-27-15-6-5-13(21)9-14(15)22-16(24)10-23-19(25)17-11-3-4-12(8-11)18(17)20(23)26/h3-6,9,11-12,17-18H,2,7-8,10H2,1H3,(H,22,24). The molecule has 0 aromatic heterocycles. The number of benzene rings is 1. The zero-order valence-corrected chi connectivity index (χ0v) is 15.7. The van der Waals surface area contributed by atoms with E-state index in [4.69, 9.17) is 16.3 Å². The molecule has 4 atom stereocenters. The number of rotatable bonds is 6. The molecule has 3 aliphatic rings. The van der Waals surface area contributed by atoms with E-state index >= 15 is 0 Å². The molecule has 2 aliphatic carbocycles. The maximum atomic E-state index is 12.7. The topological polar surface area (TPSA) is 75.7 Å². The number of nitrogens with one attached hydrogen (secondary N) is 1. The third-order valence-corrected chi connectivity index (χ3v) is 5.78. The fourth-order valence-electron chi connectivity index (χ4n) is 4.39. The van der Waals surface area contributed by atoms with Gasteiger partial charge in [-0.05, 0) is 42.9 Å². The summed E-state index contributed by atoms with van der Waals surface area (Å²) in [6, 6.07) is 4.96. The van der Waals surface area contributed by atoms with Crippen molar-refractivity contribution in [2.45, 2.75) is 19.8 Å². The van der Waals surface area contributed by atoms with Gasteiger partial charge in [-0.15, -0.1) is 0 Å². The molecule has 3 amide bonds. The van der Waals surface area contributed by atoms with Crippen molar-refractivity contribution >= 4 is 35.0 Å². The molecule has 1 saturated heterocycles. The van der Waals surface area contributed by atoms with Crippen molar-refractivity contribution in [1.82, 2.24) is 4.90 Å². The molecule has 1 aromatic carbocycles. The summed E-state index contributed by atoms with van der Waals surface area (Å²) in [6.07, 6.45) is 5.76. The number of imide groups is 1. The van der Waals surface area contributed by atoms with Gasteiger partial charge in [0.25, 0.3) is 0 Å². The molecule has 4 rings (SSSR count). The second-order valence-corrected chi connectivity index (χ2v) is 7.74. The van der Waals surface area contributed by atoms with Gasteiger partial charge >= 0.3 is 0 Å². The first kappa shape index (κ1) is 18.0. The summed E-state index contributed by atoms with van der Waals surface area (Å²) in [5, 5.41) is 3.18. The van der Waals surface area contributed by atoms with Crippen LogP contribution in [0, 0.1) is 23.7 Å². The van der Waals surface area contributed by atoms with E-state index in [0.717, 1.165) is 17.7 Å². The average molecular weight is 389 g/mol. The van der Waals surface area contributed by atoms with Crippen LogP contribution in [0.2, 0.25) is 5.02 Å². The van der Waals surface area contributed by atoms with Gasteiger partial charge in [-0.25, -0.2) is 0 Å². The number of fused-ring (bicyclic) bond motifs is 5. The minimum atomic E-state index is -0.444. The molecular weight excluding hydrogens is 368 g/mol. The second kappa shape index (κ2) is 7.00. The summed E-state index contributed by atoms with van der Waals surface area (Å²) in [4.78, 5) is 39.0. The monoisotopic (exact) mass is 388 g/mol. The molecule has 6 nitrogen and oxygen atoms in total. The van der Waals surface area contributed by atoms with Crippen LogP contribution in [0.3, 0.4) is 0 Å². The lowest BCUT2D eigenvalue weighted by atomic mass is 9.85. The molecule has 1 N–H and O–H groups in total. The first-order chi connectivity index (χ1) is 13.0. The molecule has 0 radical (unpaired) electrons. The highest BCUT2D eigenvalue weighted by atomic mass is 35.5. The summed E-state index contributed by atoms with van der Waals surface area (Å²) in [7, 11) is 0. The Morgan fingerprint density at radius 3 is 2.52 bits per heavy atom. The number of anilines is 1. The maximum Gasteiger partial charge on any atom is 0.244 e. The number of likely N-dealkylation sites (tertiary alicyclic amines) is 1. The number of ether oxygens (including phenoxy) is 1. The number of nitrogens with zero attached hydrogens (tertiary/aromatic N) is 1. The van der Waals surface area contributed by atoms with Crippen LogP contribution in [0.4, 0.5) is 5.69 Å². The first-order valence-corrected chi connectivity index (χ1v) is 9.63. The normalized spacial score (nSPS) is 28.0. The summed E-state index contributed by atoms with van der Waals surface area (Å²) >= 11 is 6.02. The molecule has 1 heterocycles. The summed E-state index contributed by atoms with van der Waals surface area (Å²) in [5.74, 6) is -0.729. The molecular formula is C20H21ClN2O4. The Labute approximate surface area is 162 Å². The van der Waals surface area contributed by atoms with Gasteiger partial charge in [0.2, 0.25) is 17.7 Å². The number of halogens is 1. The van der Waals surface area contributed by atoms with Crippen LogP contribution in [-0.2, 0) is 14.4 Å². The Morgan fingerprint density at radius 2 is 1.89 bits per heavy atom. The Morgan fingerprint density at radius 1 is 1.22 bits per heavy atom. The average Bonchev–Trinajstić information content (AvgIpc) is 3.31. The second-order valence-electron chi connectivity index (χ2n) is 7.30. The molecule has 4 unspecified atom stereocenters. The predicted octanol–water partition coefficient (Wildman–Crippen LogP) is 2.87. The molecule has 1 aliphatic heterocycles. The van der Waals surface area contributed by atoms with Gasteiger partial charge in [-0.1, -0.05) is 30.7 Å². The fraction of sp³-hybridized carbons (Fsp3) is 0.450. The minimum absolute atomic E-state index is 0.131. The number of hydrogen-bond donors (Lipinski definition) is 1. The molecule has 2 bridgehead atoms. The van der Waals surface area contributed by atoms with E-state index in [2.05, 4.69) is 5.32 Å². The summed E-state index contributed by atoms with van der Waals surface area (Å²) in [5.41, 5.74) is 0.432. The number of carbonyl (C=O) groups is 3. The van der Waals surface area contributed by atoms with Gasteiger partial charge in [0, 0.05) is 5.02 Å². The first-order valence-electron chi connectivity index (χ1n) is 9.25. The van der Waals surface area contributed by atoms with Crippen LogP contribution in [-0.4, -0.2) is 35.8 Å². The largest absolute Gasteiger partial charge is 0.491 e.